The van der Waals surface area contributed by atoms with Crippen LogP contribution >= 0.6 is 12.4 Å². The van der Waals surface area contributed by atoms with Crippen LogP contribution < -0.4 is 0 Å². The number of rotatable bonds is 0. The molecule has 0 unspecified atom stereocenters. The monoisotopic (exact) mass is 190 g/mol. The second-order valence-electron chi connectivity index (χ2n) is 2.49. The topological polar surface area (TPSA) is 55.1 Å². The van der Waals surface area contributed by atoms with Gasteiger partial charge in [0.25, 0.3) is 0 Å². The third kappa shape index (κ3) is 1.58. The molecule has 0 saturated carbocycles. The number of aromatic nitrogens is 2. The highest BCUT2D eigenvalue weighted by atomic mass is 35.5. The van der Waals surface area contributed by atoms with Gasteiger partial charge >= 0.3 is 6.09 Å². The lowest BCUT2D eigenvalue weighted by molar-refractivity contribution is 0.192. The number of hydrogen-bond donors (Lipinski definition) is 1. The largest absolute Gasteiger partial charge is 0.463 e. The van der Waals surface area contributed by atoms with Crippen LogP contribution in [-0.4, -0.2) is 21.0 Å². The lowest BCUT2D eigenvalue weighted by atomic mass is 10.2. The molecule has 68 valence electrons. The molecule has 0 aliphatic rings. The van der Waals surface area contributed by atoms with Crippen molar-refractivity contribution in [3.63, 3.8) is 0 Å². The molecule has 1 heterocycles. The molecule has 1 N–H and O–H groups in total. The molecule has 0 fully saturated rings. The molecule has 1 rings (SSSR count). The quantitative estimate of drug-likeness (QED) is 0.678. The van der Waals surface area contributed by atoms with Crippen molar-refractivity contribution in [3.05, 3.63) is 17.0 Å². The predicted molar refractivity (Wildman–Crippen MR) is 47.1 cm³/mol. The summed E-state index contributed by atoms with van der Waals surface area (Å²) < 4.78 is 0.991. The van der Waals surface area contributed by atoms with Gasteiger partial charge in [-0.05, 0) is 26.3 Å². The Morgan fingerprint density at radius 3 is 2.08 bits per heavy atom. The van der Waals surface area contributed by atoms with E-state index in [9.17, 15) is 4.79 Å². The van der Waals surface area contributed by atoms with Crippen LogP contribution in [0.25, 0.3) is 0 Å². The Kier molecular flexibility index (Phi) is 3.27. The Morgan fingerprint density at radius 1 is 1.42 bits per heavy atom. The molecule has 12 heavy (non-hydrogen) atoms. The lowest BCUT2D eigenvalue weighted by Gasteiger charge is -1.93. The normalized spacial score (nSPS) is 9.25. The maximum atomic E-state index is 10.5. The van der Waals surface area contributed by atoms with Gasteiger partial charge in [0.1, 0.15) is 0 Å². The molecule has 4 nitrogen and oxygen atoms in total. The molecule has 1 aromatic rings. The van der Waals surface area contributed by atoms with Crippen LogP contribution in [0.2, 0.25) is 0 Å². The number of halogens is 1. The average Bonchev–Trinajstić information content (AvgIpc) is 2.17. The highest BCUT2D eigenvalue weighted by molar-refractivity contribution is 5.85. The lowest BCUT2D eigenvalue weighted by Crippen LogP contribution is -2.11. The third-order valence-electron chi connectivity index (χ3n) is 1.83. The van der Waals surface area contributed by atoms with Gasteiger partial charge in [-0.25, -0.2) is 4.79 Å². The highest BCUT2D eigenvalue weighted by Gasteiger charge is 2.11. The van der Waals surface area contributed by atoms with Crippen molar-refractivity contribution >= 4 is 18.5 Å². The van der Waals surface area contributed by atoms with E-state index in [1.165, 1.54) is 0 Å². The van der Waals surface area contributed by atoms with Gasteiger partial charge in [-0.1, -0.05) is 0 Å². The van der Waals surface area contributed by atoms with E-state index in [0.717, 1.165) is 15.9 Å². The van der Waals surface area contributed by atoms with E-state index >= 15 is 0 Å². The second-order valence-corrected chi connectivity index (χ2v) is 2.49. The molecule has 0 aromatic carbocycles. The summed E-state index contributed by atoms with van der Waals surface area (Å²) in [5.41, 5.74) is 2.40. The first-order valence-electron chi connectivity index (χ1n) is 3.30. The first-order valence-corrected chi connectivity index (χ1v) is 3.30. The summed E-state index contributed by atoms with van der Waals surface area (Å²) in [6.07, 6.45) is -1.03. The van der Waals surface area contributed by atoms with E-state index in [1.807, 2.05) is 6.92 Å². The van der Waals surface area contributed by atoms with Crippen molar-refractivity contribution in [2.24, 2.45) is 0 Å². The van der Waals surface area contributed by atoms with Gasteiger partial charge in [0, 0.05) is 0 Å². The summed E-state index contributed by atoms with van der Waals surface area (Å²) in [5.74, 6) is 0. The van der Waals surface area contributed by atoms with Gasteiger partial charge in [0.2, 0.25) is 0 Å². The fourth-order valence-electron chi connectivity index (χ4n) is 0.907. The van der Waals surface area contributed by atoms with Crippen LogP contribution in [-0.2, 0) is 0 Å². The van der Waals surface area contributed by atoms with Crippen LogP contribution in [0.5, 0.6) is 0 Å². The molecule has 0 aliphatic carbocycles. The Balaban J connectivity index is 0.00000121. The highest BCUT2D eigenvalue weighted by Crippen LogP contribution is 2.09. The SMILES string of the molecule is Cc1nn(C(=O)O)c(C)c1C.Cl. The summed E-state index contributed by atoms with van der Waals surface area (Å²) in [7, 11) is 0. The van der Waals surface area contributed by atoms with Gasteiger partial charge < -0.3 is 5.11 Å². The molecule has 0 spiro atoms. The fourth-order valence-corrected chi connectivity index (χ4v) is 0.907. The summed E-state index contributed by atoms with van der Waals surface area (Å²) in [6, 6.07) is 0. The van der Waals surface area contributed by atoms with Crippen LogP contribution in [0, 0.1) is 20.8 Å². The number of carboxylic acid groups (broad SMARTS) is 1. The molecule has 0 saturated heterocycles. The van der Waals surface area contributed by atoms with Crippen molar-refractivity contribution in [2.75, 3.05) is 0 Å². The predicted octanol–water partition coefficient (Wildman–Crippen LogP) is 1.76. The van der Waals surface area contributed by atoms with E-state index in [4.69, 9.17) is 5.11 Å². The molecule has 0 atom stereocenters. The maximum absolute atomic E-state index is 10.5. The maximum Gasteiger partial charge on any atom is 0.432 e. The summed E-state index contributed by atoms with van der Waals surface area (Å²) >= 11 is 0. The number of carbonyl (C=O) groups is 1. The molecule has 0 amide bonds. The van der Waals surface area contributed by atoms with Gasteiger partial charge in [-0.15, -0.1) is 12.4 Å². The Labute approximate surface area is 76.6 Å². The number of hydrogen-bond acceptors (Lipinski definition) is 2. The molecule has 0 bridgehead atoms. The zero-order chi connectivity index (χ0) is 8.59. The zero-order valence-corrected chi connectivity index (χ0v) is 7.97. The van der Waals surface area contributed by atoms with Gasteiger partial charge in [-0.2, -0.15) is 9.78 Å². The summed E-state index contributed by atoms with van der Waals surface area (Å²) in [4.78, 5) is 10.5. The summed E-state index contributed by atoms with van der Waals surface area (Å²) in [5, 5.41) is 12.4. The first kappa shape index (κ1) is 11.0. The Bertz CT molecular complexity index is 307. The van der Waals surface area contributed by atoms with Gasteiger partial charge in [-0.3, -0.25) is 0 Å². The van der Waals surface area contributed by atoms with E-state index in [0.29, 0.717) is 5.69 Å². The standard InChI is InChI=1S/C7H10N2O2.ClH/c1-4-5(2)8-9(6(4)3)7(10)11;/h1-3H3,(H,10,11);1H. The molecule has 1 aromatic heterocycles. The minimum absolute atomic E-state index is 0. The molecule has 5 heteroatoms. The van der Waals surface area contributed by atoms with Crippen molar-refractivity contribution in [2.45, 2.75) is 20.8 Å². The first-order chi connectivity index (χ1) is 5.04. The Hall–Kier alpha value is -1.03. The van der Waals surface area contributed by atoms with Crippen molar-refractivity contribution in [1.29, 1.82) is 0 Å². The molecular weight excluding hydrogens is 180 g/mol. The van der Waals surface area contributed by atoms with Crippen molar-refractivity contribution < 1.29 is 9.90 Å². The number of nitrogens with zero attached hydrogens (tertiary/aromatic N) is 2. The van der Waals surface area contributed by atoms with Crippen LogP contribution in [0.1, 0.15) is 17.0 Å². The minimum atomic E-state index is -1.03. The van der Waals surface area contributed by atoms with Crippen LogP contribution in [0.4, 0.5) is 4.79 Å². The van der Waals surface area contributed by atoms with Crippen molar-refractivity contribution in [3.8, 4) is 0 Å². The molecule has 0 aliphatic heterocycles. The van der Waals surface area contributed by atoms with E-state index in [-0.39, 0.29) is 12.4 Å². The second kappa shape index (κ2) is 3.58. The van der Waals surface area contributed by atoms with Gasteiger partial charge in [0.15, 0.2) is 0 Å². The summed E-state index contributed by atoms with van der Waals surface area (Å²) in [6.45, 7) is 5.39. The van der Waals surface area contributed by atoms with Crippen LogP contribution in [0.15, 0.2) is 0 Å². The van der Waals surface area contributed by atoms with Crippen molar-refractivity contribution in [1.82, 2.24) is 9.78 Å². The molecular formula is C7H11ClN2O2. The van der Waals surface area contributed by atoms with E-state index < -0.39 is 6.09 Å². The number of aryl methyl sites for hydroxylation is 1. The minimum Gasteiger partial charge on any atom is -0.463 e. The van der Waals surface area contributed by atoms with Crippen LogP contribution in [0.3, 0.4) is 0 Å². The Morgan fingerprint density at radius 2 is 1.92 bits per heavy atom. The smallest absolute Gasteiger partial charge is 0.432 e. The average molecular weight is 191 g/mol. The van der Waals surface area contributed by atoms with E-state index in [1.54, 1.807) is 13.8 Å². The molecule has 0 radical (unpaired) electrons. The van der Waals surface area contributed by atoms with E-state index in [2.05, 4.69) is 5.10 Å². The fraction of sp³-hybridized carbons (Fsp3) is 0.429. The third-order valence-corrected chi connectivity index (χ3v) is 1.83. The van der Waals surface area contributed by atoms with Gasteiger partial charge in [0.05, 0.1) is 11.4 Å². The zero-order valence-electron chi connectivity index (χ0n) is 7.16.